The lowest BCUT2D eigenvalue weighted by atomic mass is 9.91. The van der Waals surface area contributed by atoms with E-state index < -0.39 is 50.4 Å². The number of aromatic nitrogens is 1. The summed E-state index contributed by atoms with van der Waals surface area (Å²) in [5, 5.41) is 2.32. The summed E-state index contributed by atoms with van der Waals surface area (Å²) in [7, 11) is -2.48. The standard InChI is InChI=1S/C27H28ClF2N3O6S/c1-6-40(37,38)32-23-12-18(19(11-22(23)30)25(35)17-8-7-16(29)10-21(17)28)20-14-33(5)24(34)9-15(20)13-31-26(36)39-27(2,3)4/h7-12,14,32H,6,13H2,1-5H3,(H,31,36). The molecular formula is C27H28ClF2N3O6S. The molecule has 0 saturated carbocycles. The SMILES string of the molecule is CCS(=O)(=O)Nc1cc(-c2cn(C)c(=O)cc2CNC(=O)OC(C)(C)C)c(C(=O)c2ccc(F)cc2Cl)cc1F. The minimum Gasteiger partial charge on any atom is -0.444 e. The van der Waals surface area contributed by atoms with Crippen molar-refractivity contribution in [2.45, 2.75) is 39.8 Å². The second kappa shape index (κ2) is 11.8. The van der Waals surface area contributed by atoms with Gasteiger partial charge in [0.25, 0.3) is 5.56 Å². The first-order valence-corrected chi connectivity index (χ1v) is 14.0. The van der Waals surface area contributed by atoms with Crippen LogP contribution in [0.2, 0.25) is 5.02 Å². The van der Waals surface area contributed by atoms with Gasteiger partial charge in [-0.25, -0.2) is 22.0 Å². The summed E-state index contributed by atoms with van der Waals surface area (Å²) in [6, 6.07) is 6.25. The fourth-order valence-corrected chi connectivity index (χ4v) is 4.55. The maximum Gasteiger partial charge on any atom is 0.407 e. The number of nitrogens with one attached hydrogen (secondary N) is 2. The topological polar surface area (TPSA) is 124 Å². The lowest BCUT2D eigenvalue weighted by Gasteiger charge is -2.21. The van der Waals surface area contributed by atoms with E-state index in [0.717, 1.165) is 30.3 Å². The second-order valence-electron chi connectivity index (χ2n) is 9.85. The normalized spacial score (nSPS) is 11.7. The van der Waals surface area contributed by atoms with E-state index in [9.17, 15) is 27.2 Å². The Hall–Kier alpha value is -3.77. The third-order valence-corrected chi connectivity index (χ3v) is 7.20. The second-order valence-corrected chi connectivity index (χ2v) is 12.3. The molecule has 3 rings (SSSR count). The highest BCUT2D eigenvalue weighted by molar-refractivity contribution is 7.92. The van der Waals surface area contributed by atoms with Gasteiger partial charge in [-0.2, -0.15) is 0 Å². The number of amides is 1. The quantitative estimate of drug-likeness (QED) is 0.353. The van der Waals surface area contributed by atoms with Crippen molar-refractivity contribution in [2.24, 2.45) is 7.05 Å². The Labute approximate surface area is 235 Å². The zero-order chi connectivity index (χ0) is 30.0. The number of rotatable bonds is 8. The third kappa shape index (κ3) is 7.45. The number of hydrogen-bond acceptors (Lipinski definition) is 6. The van der Waals surface area contributed by atoms with Crippen LogP contribution in [0.4, 0.5) is 19.3 Å². The smallest absolute Gasteiger partial charge is 0.407 e. The van der Waals surface area contributed by atoms with Crippen LogP contribution in [0.5, 0.6) is 0 Å². The summed E-state index contributed by atoms with van der Waals surface area (Å²) in [4.78, 5) is 38.4. The van der Waals surface area contributed by atoms with E-state index in [1.165, 1.54) is 30.8 Å². The van der Waals surface area contributed by atoms with Gasteiger partial charge in [-0.15, -0.1) is 0 Å². The van der Waals surface area contributed by atoms with Crippen LogP contribution in [0.1, 0.15) is 49.2 Å². The number of hydrogen-bond donors (Lipinski definition) is 2. The number of carbonyl (C=O) groups excluding carboxylic acids is 2. The van der Waals surface area contributed by atoms with E-state index in [2.05, 4.69) is 10.0 Å². The number of ketones is 1. The van der Waals surface area contributed by atoms with Gasteiger partial charge in [0.15, 0.2) is 5.78 Å². The number of anilines is 1. The van der Waals surface area contributed by atoms with Crippen LogP contribution in [-0.4, -0.2) is 36.2 Å². The molecule has 214 valence electrons. The summed E-state index contributed by atoms with van der Waals surface area (Å²) in [5.41, 5.74) is -1.62. The van der Waals surface area contributed by atoms with Crippen LogP contribution in [0.3, 0.4) is 0 Å². The van der Waals surface area contributed by atoms with Gasteiger partial charge in [0.2, 0.25) is 10.0 Å². The first kappa shape index (κ1) is 30.8. The lowest BCUT2D eigenvalue weighted by Crippen LogP contribution is -2.32. The van der Waals surface area contributed by atoms with Crippen LogP contribution in [0, 0.1) is 11.6 Å². The fraction of sp³-hybridized carbons (Fsp3) is 0.296. The predicted molar refractivity (Wildman–Crippen MR) is 148 cm³/mol. The van der Waals surface area contributed by atoms with Crippen LogP contribution >= 0.6 is 11.6 Å². The number of nitrogens with zero attached hydrogens (tertiary/aromatic N) is 1. The minimum absolute atomic E-state index is 0.0252. The number of ether oxygens (including phenoxy) is 1. The number of alkyl carbamates (subject to hydrolysis) is 1. The van der Waals surface area contributed by atoms with Crippen molar-refractivity contribution in [3.63, 3.8) is 0 Å². The molecule has 40 heavy (non-hydrogen) atoms. The molecule has 3 aromatic rings. The monoisotopic (exact) mass is 595 g/mol. The van der Waals surface area contributed by atoms with Gasteiger partial charge >= 0.3 is 6.09 Å². The van der Waals surface area contributed by atoms with Gasteiger partial charge in [-0.1, -0.05) is 11.6 Å². The molecule has 1 aromatic heterocycles. The van der Waals surface area contributed by atoms with E-state index in [1.54, 1.807) is 20.8 Å². The predicted octanol–water partition coefficient (Wildman–Crippen LogP) is 5.00. The van der Waals surface area contributed by atoms with Crippen LogP contribution in [0.25, 0.3) is 11.1 Å². The molecule has 0 fully saturated rings. The molecule has 0 radical (unpaired) electrons. The summed E-state index contributed by atoms with van der Waals surface area (Å²) in [5.74, 6) is -2.88. The highest BCUT2D eigenvalue weighted by Gasteiger charge is 2.24. The van der Waals surface area contributed by atoms with E-state index >= 15 is 4.39 Å². The van der Waals surface area contributed by atoms with Crippen molar-refractivity contribution in [1.29, 1.82) is 0 Å². The molecular weight excluding hydrogens is 568 g/mol. The maximum atomic E-state index is 15.2. The first-order chi connectivity index (χ1) is 18.5. The maximum absolute atomic E-state index is 15.2. The van der Waals surface area contributed by atoms with Gasteiger partial charge in [0.1, 0.15) is 17.2 Å². The van der Waals surface area contributed by atoms with Crippen molar-refractivity contribution >= 4 is 39.2 Å². The molecule has 0 saturated heterocycles. The minimum atomic E-state index is -3.92. The highest BCUT2D eigenvalue weighted by atomic mass is 35.5. The number of pyridine rings is 1. The largest absolute Gasteiger partial charge is 0.444 e. The first-order valence-electron chi connectivity index (χ1n) is 12.0. The van der Waals surface area contributed by atoms with Gasteiger partial charge in [-0.05, 0) is 69.2 Å². The molecule has 0 atom stereocenters. The molecule has 0 bridgehead atoms. The number of halogens is 3. The molecule has 0 aliphatic rings. The van der Waals surface area contributed by atoms with Gasteiger partial charge < -0.3 is 14.6 Å². The van der Waals surface area contributed by atoms with Crippen molar-refractivity contribution < 1.29 is 31.5 Å². The Bertz CT molecular complexity index is 1650. The van der Waals surface area contributed by atoms with Crippen molar-refractivity contribution in [1.82, 2.24) is 9.88 Å². The molecule has 0 aliphatic heterocycles. The summed E-state index contributed by atoms with van der Waals surface area (Å²) in [6.45, 7) is 6.16. The Morgan fingerprint density at radius 2 is 1.73 bits per heavy atom. The van der Waals surface area contributed by atoms with Crippen molar-refractivity contribution in [2.75, 3.05) is 10.5 Å². The Morgan fingerprint density at radius 3 is 2.33 bits per heavy atom. The molecule has 1 heterocycles. The van der Waals surface area contributed by atoms with Gasteiger partial charge in [0, 0.05) is 42.5 Å². The van der Waals surface area contributed by atoms with E-state index in [1.807, 2.05) is 0 Å². The number of benzene rings is 2. The average molecular weight is 596 g/mol. The van der Waals surface area contributed by atoms with E-state index in [0.29, 0.717) is 0 Å². The summed E-state index contributed by atoms with van der Waals surface area (Å²) < 4.78 is 61.9. The molecule has 0 spiro atoms. The zero-order valence-electron chi connectivity index (χ0n) is 22.4. The molecule has 13 heteroatoms. The average Bonchev–Trinajstić information content (AvgIpc) is 2.84. The van der Waals surface area contributed by atoms with Crippen LogP contribution in [-0.2, 0) is 28.4 Å². The van der Waals surface area contributed by atoms with E-state index in [-0.39, 0.29) is 45.1 Å². The summed E-state index contributed by atoms with van der Waals surface area (Å²) in [6.07, 6.45) is 0.590. The fourth-order valence-electron chi connectivity index (χ4n) is 3.66. The Morgan fingerprint density at radius 1 is 1.05 bits per heavy atom. The van der Waals surface area contributed by atoms with Crippen molar-refractivity contribution in [3.05, 3.63) is 86.3 Å². The molecule has 2 aromatic carbocycles. The molecule has 2 N–H and O–H groups in total. The van der Waals surface area contributed by atoms with Crippen molar-refractivity contribution in [3.8, 4) is 11.1 Å². The zero-order valence-corrected chi connectivity index (χ0v) is 24.0. The van der Waals surface area contributed by atoms with Crippen LogP contribution in [0.15, 0.2) is 47.4 Å². The molecule has 9 nitrogen and oxygen atoms in total. The number of aryl methyl sites for hydroxylation is 1. The summed E-state index contributed by atoms with van der Waals surface area (Å²) >= 11 is 6.11. The van der Waals surface area contributed by atoms with Crippen LogP contribution < -0.4 is 15.6 Å². The Kier molecular flexibility index (Phi) is 9.05. The number of sulfonamides is 1. The molecule has 0 aliphatic carbocycles. The molecule has 1 amide bonds. The van der Waals surface area contributed by atoms with E-state index in [4.69, 9.17) is 16.3 Å². The Balaban J connectivity index is 2.26. The highest BCUT2D eigenvalue weighted by Crippen LogP contribution is 2.34. The number of carbonyl (C=O) groups is 2. The lowest BCUT2D eigenvalue weighted by molar-refractivity contribution is 0.0523. The third-order valence-electron chi connectivity index (χ3n) is 5.60. The van der Waals surface area contributed by atoms with Gasteiger partial charge in [-0.3, -0.25) is 14.3 Å². The molecule has 0 unspecified atom stereocenters. The van der Waals surface area contributed by atoms with Gasteiger partial charge in [0.05, 0.1) is 16.5 Å².